The molecule has 0 aromatic heterocycles. The number of hydrogen-bond acceptors (Lipinski definition) is 4. The Morgan fingerprint density at radius 1 is 1.33 bits per heavy atom. The van der Waals surface area contributed by atoms with Gasteiger partial charge in [0.1, 0.15) is 5.75 Å². The molecule has 1 heterocycles. The van der Waals surface area contributed by atoms with Crippen LogP contribution >= 0.6 is 0 Å². The Kier molecular flexibility index (Phi) is 8.88. The lowest BCUT2D eigenvalue weighted by Crippen LogP contribution is -2.39. The molecular weight excluding hydrogens is 342 g/mol. The molecule has 27 heavy (non-hydrogen) atoms. The fourth-order valence-electron chi connectivity index (χ4n) is 2.93. The van der Waals surface area contributed by atoms with Crippen molar-refractivity contribution in [2.45, 2.75) is 45.1 Å². The number of hydrogen-bond donors (Lipinski definition) is 2. The lowest BCUT2D eigenvalue weighted by atomic mass is 9.85. The quantitative estimate of drug-likeness (QED) is 0.373. The van der Waals surface area contributed by atoms with Crippen LogP contribution in [-0.4, -0.2) is 58.6 Å². The van der Waals surface area contributed by atoms with Gasteiger partial charge in [0, 0.05) is 31.7 Å². The average Bonchev–Trinajstić information content (AvgIpc) is 3.19. The maximum atomic E-state index is 5.80. The first-order valence-corrected chi connectivity index (χ1v) is 9.91. The molecule has 1 aromatic rings. The topological polar surface area (TPSA) is 64.1 Å². The van der Waals surface area contributed by atoms with Crippen LogP contribution < -0.4 is 15.4 Å². The zero-order valence-electron chi connectivity index (χ0n) is 17.2. The molecule has 0 saturated carbocycles. The number of nitrogens with one attached hydrogen (secondary N) is 2. The fraction of sp³-hybridized carbons (Fsp3) is 0.667. The molecule has 1 unspecified atom stereocenters. The molecule has 0 spiro atoms. The van der Waals surface area contributed by atoms with Crippen LogP contribution in [0.5, 0.6) is 5.75 Å². The van der Waals surface area contributed by atoms with E-state index < -0.39 is 0 Å². The zero-order valence-corrected chi connectivity index (χ0v) is 17.2. The highest BCUT2D eigenvalue weighted by molar-refractivity contribution is 5.79. The maximum absolute atomic E-state index is 5.80. The summed E-state index contributed by atoms with van der Waals surface area (Å²) < 4.78 is 16.5. The molecule has 2 N–H and O–H groups in total. The minimum absolute atomic E-state index is 0.0809. The van der Waals surface area contributed by atoms with Crippen molar-refractivity contribution < 1.29 is 14.2 Å². The number of benzene rings is 1. The molecule has 6 heteroatoms. The van der Waals surface area contributed by atoms with Crippen molar-refractivity contribution in [2.75, 3.05) is 46.6 Å². The van der Waals surface area contributed by atoms with Crippen molar-refractivity contribution in [3.63, 3.8) is 0 Å². The van der Waals surface area contributed by atoms with Gasteiger partial charge < -0.3 is 24.8 Å². The van der Waals surface area contributed by atoms with E-state index in [2.05, 4.69) is 43.5 Å². The maximum Gasteiger partial charge on any atom is 0.191 e. The molecule has 0 radical (unpaired) electrons. The Hall–Kier alpha value is -1.79. The predicted octanol–water partition coefficient (Wildman–Crippen LogP) is 2.72. The first-order chi connectivity index (χ1) is 13.0. The fourth-order valence-corrected chi connectivity index (χ4v) is 2.93. The van der Waals surface area contributed by atoms with E-state index in [4.69, 9.17) is 19.2 Å². The van der Waals surface area contributed by atoms with Gasteiger partial charge in [0.2, 0.25) is 0 Å². The molecule has 1 atom stereocenters. The number of guanidine groups is 1. The number of ether oxygens (including phenoxy) is 3. The third-order valence-electron chi connectivity index (χ3n) is 4.68. The lowest BCUT2D eigenvalue weighted by Gasteiger charge is -2.24. The van der Waals surface area contributed by atoms with E-state index in [1.165, 1.54) is 5.56 Å². The van der Waals surface area contributed by atoms with Crippen LogP contribution in [0.1, 0.15) is 39.2 Å². The summed E-state index contributed by atoms with van der Waals surface area (Å²) in [5.74, 6) is 1.72. The molecule has 0 amide bonds. The minimum Gasteiger partial charge on any atom is -0.497 e. The SMILES string of the molecule is CCNC(=NCC(C)(C)c1cccc(OC)c1)NCCCOC1CCOC1. The first kappa shape index (κ1) is 21.5. The van der Waals surface area contributed by atoms with Gasteiger partial charge in [0.15, 0.2) is 5.96 Å². The average molecular weight is 378 g/mol. The molecule has 1 aromatic carbocycles. The third-order valence-corrected chi connectivity index (χ3v) is 4.68. The largest absolute Gasteiger partial charge is 0.497 e. The van der Waals surface area contributed by atoms with Crippen LogP contribution in [0.3, 0.4) is 0 Å². The third kappa shape index (κ3) is 7.39. The van der Waals surface area contributed by atoms with Gasteiger partial charge >= 0.3 is 0 Å². The van der Waals surface area contributed by atoms with Crippen LogP contribution in [0.25, 0.3) is 0 Å². The van der Waals surface area contributed by atoms with E-state index in [1.54, 1.807) is 7.11 Å². The minimum atomic E-state index is -0.0809. The second-order valence-corrected chi connectivity index (χ2v) is 7.45. The lowest BCUT2D eigenvalue weighted by molar-refractivity contribution is 0.0420. The van der Waals surface area contributed by atoms with Crippen molar-refractivity contribution in [2.24, 2.45) is 4.99 Å². The number of methoxy groups -OCH3 is 1. The molecule has 0 bridgehead atoms. The van der Waals surface area contributed by atoms with Crippen LogP contribution in [0.4, 0.5) is 0 Å². The van der Waals surface area contributed by atoms with Gasteiger partial charge in [-0.05, 0) is 37.5 Å². The molecule has 1 fully saturated rings. The van der Waals surface area contributed by atoms with Crippen molar-refractivity contribution >= 4 is 5.96 Å². The van der Waals surface area contributed by atoms with Crippen molar-refractivity contribution in [1.29, 1.82) is 0 Å². The molecule has 1 aliphatic rings. The molecule has 0 aliphatic carbocycles. The highest BCUT2D eigenvalue weighted by Crippen LogP contribution is 2.26. The summed E-state index contributed by atoms with van der Waals surface area (Å²) in [5.41, 5.74) is 1.14. The van der Waals surface area contributed by atoms with Crippen LogP contribution in [-0.2, 0) is 14.9 Å². The Bertz CT molecular complexity index is 584. The van der Waals surface area contributed by atoms with E-state index in [-0.39, 0.29) is 11.5 Å². The Morgan fingerprint density at radius 2 is 2.19 bits per heavy atom. The number of aliphatic imine (C=N–C) groups is 1. The van der Waals surface area contributed by atoms with Gasteiger partial charge in [-0.3, -0.25) is 4.99 Å². The summed E-state index contributed by atoms with van der Waals surface area (Å²) in [5, 5.41) is 6.71. The molecule has 1 aliphatic heterocycles. The molecule has 1 saturated heterocycles. The van der Waals surface area contributed by atoms with Gasteiger partial charge in [0.25, 0.3) is 0 Å². The Labute approximate surface area is 163 Å². The zero-order chi connectivity index (χ0) is 19.5. The van der Waals surface area contributed by atoms with E-state index in [1.807, 2.05) is 12.1 Å². The monoisotopic (exact) mass is 377 g/mol. The van der Waals surface area contributed by atoms with Gasteiger partial charge in [-0.25, -0.2) is 0 Å². The Morgan fingerprint density at radius 3 is 2.89 bits per heavy atom. The highest BCUT2D eigenvalue weighted by Gasteiger charge is 2.21. The second-order valence-electron chi connectivity index (χ2n) is 7.45. The van der Waals surface area contributed by atoms with Crippen LogP contribution in [0.15, 0.2) is 29.3 Å². The van der Waals surface area contributed by atoms with Crippen LogP contribution in [0, 0.1) is 0 Å². The molecule has 152 valence electrons. The number of rotatable bonds is 10. The standard InChI is InChI=1S/C21H35N3O3/c1-5-22-20(23-11-7-12-27-19-10-13-26-15-19)24-16-21(2,3)17-8-6-9-18(14-17)25-4/h6,8-9,14,19H,5,7,10-13,15-16H2,1-4H3,(H2,22,23,24). The molecule has 6 nitrogen and oxygen atoms in total. The van der Waals surface area contributed by atoms with Gasteiger partial charge in [-0.15, -0.1) is 0 Å². The van der Waals surface area contributed by atoms with Crippen molar-refractivity contribution in [1.82, 2.24) is 10.6 Å². The van der Waals surface area contributed by atoms with Gasteiger partial charge in [-0.1, -0.05) is 26.0 Å². The normalized spacial score (nSPS) is 17.8. The number of nitrogens with zero attached hydrogens (tertiary/aromatic N) is 1. The smallest absolute Gasteiger partial charge is 0.191 e. The summed E-state index contributed by atoms with van der Waals surface area (Å²) in [7, 11) is 1.70. The van der Waals surface area contributed by atoms with E-state index in [0.717, 1.165) is 57.5 Å². The molecule has 2 rings (SSSR count). The summed E-state index contributed by atoms with van der Waals surface area (Å²) in [6.45, 7) is 11.1. The van der Waals surface area contributed by atoms with Gasteiger partial charge in [0.05, 0.1) is 26.4 Å². The van der Waals surface area contributed by atoms with E-state index in [9.17, 15) is 0 Å². The first-order valence-electron chi connectivity index (χ1n) is 9.91. The van der Waals surface area contributed by atoms with E-state index in [0.29, 0.717) is 6.54 Å². The summed E-state index contributed by atoms with van der Waals surface area (Å²) in [6.07, 6.45) is 2.23. The summed E-state index contributed by atoms with van der Waals surface area (Å²) in [6, 6.07) is 8.20. The Balaban J connectivity index is 1.81. The van der Waals surface area contributed by atoms with Crippen LogP contribution in [0.2, 0.25) is 0 Å². The summed E-state index contributed by atoms with van der Waals surface area (Å²) in [4.78, 5) is 4.78. The van der Waals surface area contributed by atoms with Crippen molar-refractivity contribution in [3.8, 4) is 5.75 Å². The van der Waals surface area contributed by atoms with Gasteiger partial charge in [-0.2, -0.15) is 0 Å². The summed E-state index contributed by atoms with van der Waals surface area (Å²) >= 11 is 0. The van der Waals surface area contributed by atoms with Crippen molar-refractivity contribution in [3.05, 3.63) is 29.8 Å². The van der Waals surface area contributed by atoms with E-state index >= 15 is 0 Å². The highest BCUT2D eigenvalue weighted by atomic mass is 16.5. The predicted molar refractivity (Wildman–Crippen MR) is 110 cm³/mol. The molecular formula is C21H35N3O3. The second kappa shape index (κ2) is 11.1.